The normalized spacial score (nSPS) is 15.4. The van der Waals surface area contributed by atoms with E-state index >= 15 is 0 Å². The lowest BCUT2D eigenvalue weighted by molar-refractivity contribution is 0.0950. The summed E-state index contributed by atoms with van der Waals surface area (Å²) in [6.45, 7) is 2.22. The molecular weight excluding hydrogens is 412 g/mol. The summed E-state index contributed by atoms with van der Waals surface area (Å²) < 4.78 is 31.4. The number of hydrogen-bond acceptors (Lipinski definition) is 4. The van der Waals surface area contributed by atoms with E-state index in [9.17, 15) is 13.2 Å². The largest absolute Gasteiger partial charge is 0.457 e. The standard InChI is InChI=1S/C24H24N2O4S/c1-17-13-20-15-19(11-12-23(20)26(17)31(2,28)29)24(27)25-16-18-7-6-10-22(14-18)30-21-8-4-3-5-9-21/h3-12,14-15,17H,13,16H2,1-2H3,(H,25,27). The van der Waals surface area contributed by atoms with Crippen molar-refractivity contribution >= 4 is 21.6 Å². The molecule has 1 heterocycles. The Morgan fingerprint density at radius 1 is 1.03 bits per heavy atom. The Balaban J connectivity index is 1.43. The molecule has 1 N–H and O–H groups in total. The van der Waals surface area contributed by atoms with Crippen LogP contribution in [0.4, 0.5) is 5.69 Å². The average molecular weight is 437 g/mol. The van der Waals surface area contributed by atoms with Crippen molar-refractivity contribution in [3.8, 4) is 11.5 Å². The average Bonchev–Trinajstić information content (AvgIpc) is 3.08. The summed E-state index contributed by atoms with van der Waals surface area (Å²) in [6, 6.07) is 22.1. The van der Waals surface area contributed by atoms with Crippen LogP contribution in [0.2, 0.25) is 0 Å². The van der Waals surface area contributed by atoms with Crippen molar-refractivity contribution in [2.24, 2.45) is 0 Å². The smallest absolute Gasteiger partial charge is 0.251 e. The van der Waals surface area contributed by atoms with Gasteiger partial charge in [0.2, 0.25) is 10.0 Å². The number of carbonyl (C=O) groups excluding carboxylic acids is 1. The number of para-hydroxylation sites is 1. The van der Waals surface area contributed by atoms with Crippen molar-refractivity contribution in [1.29, 1.82) is 0 Å². The highest BCUT2D eigenvalue weighted by molar-refractivity contribution is 7.92. The van der Waals surface area contributed by atoms with E-state index in [2.05, 4.69) is 5.32 Å². The van der Waals surface area contributed by atoms with Crippen molar-refractivity contribution in [3.63, 3.8) is 0 Å². The highest BCUT2D eigenvalue weighted by Crippen LogP contribution is 2.34. The van der Waals surface area contributed by atoms with Gasteiger partial charge in [-0.05, 0) is 66.9 Å². The van der Waals surface area contributed by atoms with Crippen molar-refractivity contribution in [2.75, 3.05) is 10.6 Å². The van der Waals surface area contributed by atoms with E-state index < -0.39 is 10.0 Å². The van der Waals surface area contributed by atoms with Gasteiger partial charge in [-0.2, -0.15) is 0 Å². The summed E-state index contributed by atoms with van der Waals surface area (Å²) in [6.07, 6.45) is 1.79. The van der Waals surface area contributed by atoms with Crippen LogP contribution in [0.25, 0.3) is 0 Å². The number of ether oxygens (including phenoxy) is 1. The molecule has 31 heavy (non-hydrogen) atoms. The molecule has 0 saturated carbocycles. The quantitative estimate of drug-likeness (QED) is 0.631. The predicted molar refractivity (Wildman–Crippen MR) is 121 cm³/mol. The van der Waals surface area contributed by atoms with E-state index in [1.807, 2.05) is 61.5 Å². The number of amides is 1. The zero-order chi connectivity index (χ0) is 22.0. The Morgan fingerprint density at radius 2 is 1.77 bits per heavy atom. The maximum atomic E-state index is 12.7. The summed E-state index contributed by atoms with van der Waals surface area (Å²) in [4.78, 5) is 12.7. The fourth-order valence-electron chi connectivity index (χ4n) is 3.88. The summed E-state index contributed by atoms with van der Waals surface area (Å²) in [5.41, 5.74) is 2.94. The number of anilines is 1. The van der Waals surface area contributed by atoms with Crippen molar-refractivity contribution in [1.82, 2.24) is 5.32 Å². The summed E-state index contributed by atoms with van der Waals surface area (Å²) in [7, 11) is -3.35. The van der Waals surface area contributed by atoms with Crippen molar-refractivity contribution in [3.05, 3.63) is 89.5 Å². The van der Waals surface area contributed by atoms with Gasteiger partial charge in [-0.1, -0.05) is 30.3 Å². The van der Waals surface area contributed by atoms with Crippen LogP contribution in [0, 0.1) is 0 Å². The number of fused-ring (bicyclic) bond motifs is 1. The fraction of sp³-hybridized carbons (Fsp3) is 0.208. The number of carbonyl (C=O) groups is 1. The first-order chi connectivity index (χ1) is 14.8. The minimum absolute atomic E-state index is 0.157. The van der Waals surface area contributed by atoms with Crippen LogP contribution in [0.15, 0.2) is 72.8 Å². The van der Waals surface area contributed by atoms with E-state index in [1.54, 1.807) is 18.2 Å². The van der Waals surface area contributed by atoms with E-state index in [0.717, 1.165) is 16.9 Å². The molecule has 0 radical (unpaired) electrons. The molecule has 4 rings (SSSR count). The molecule has 3 aromatic rings. The second kappa shape index (κ2) is 8.43. The van der Waals surface area contributed by atoms with Gasteiger partial charge in [0.25, 0.3) is 5.91 Å². The molecule has 6 nitrogen and oxygen atoms in total. The van der Waals surface area contributed by atoms with Crippen LogP contribution in [-0.4, -0.2) is 26.6 Å². The SMILES string of the molecule is CC1Cc2cc(C(=O)NCc3cccc(Oc4ccccc4)c3)ccc2N1S(C)(=O)=O. The third kappa shape index (κ3) is 4.72. The van der Waals surface area contributed by atoms with Gasteiger partial charge in [0.15, 0.2) is 0 Å². The van der Waals surface area contributed by atoms with Gasteiger partial charge >= 0.3 is 0 Å². The maximum Gasteiger partial charge on any atom is 0.251 e. The molecular formula is C24H24N2O4S. The molecule has 1 atom stereocenters. The molecule has 1 aliphatic rings. The lowest BCUT2D eigenvalue weighted by Gasteiger charge is -2.21. The Morgan fingerprint density at radius 3 is 2.52 bits per heavy atom. The second-order valence-corrected chi connectivity index (χ2v) is 9.56. The molecule has 0 spiro atoms. The molecule has 7 heteroatoms. The minimum atomic E-state index is -3.35. The summed E-state index contributed by atoms with van der Waals surface area (Å²) >= 11 is 0. The number of nitrogens with one attached hydrogen (secondary N) is 1. The van der Waals surface area contributed by atoms with Gasteiger partial charge in [0, 0.05) is 18.2 Å². The number of benzene rings is 3. The van der Waals surface area contributed by atoms with E-state index in [4.69, 9.17) is 4.74 Å². The first-order valence-corrected chi connectivity index (χ1v) is 11.9. The molecule has 1 aliphatic heterocycles. The lowest BCUT2D eigenvalue weighted by Crippen LogP contribution is -2.34. The van der Waals surface area contributed by atoms with Crippen LogP contribution >= 0.6 is 0 Å². The predicted octanol–water partition coefficient (Wildman–Crippen LogP) is 4.12. The first-order valence-electron chi connectivity index (χ1n) is 10.0. The zero-order valence-corrected chi connectivity index (χ0v) is 18.2. The van der Waals surface area contributed by atoms with Crippen molar-refractivity contribution < 1.29 is 17.9 Å². The molecule has 1 unspecified atom stereocenters. The van der Waals surface area contributed by atoms with Gasteiger partial charge in [-0.3, -0.25) is 9.10 Å². The zero-order valence-electron chi connectivity index (χ0n) is 17.4. The Kier molecular flexibility index (Phi) is 5.69. The van der Waals surface area contributed by atoms with E-state index in [-0.39, 0.29) is 11.9 Å². The third-order valence-electron chi connectivity index (χ3n) is 5.18. The van der Waals surface area contributed by atoms with Crippen molar-refractivity contribution in [2.45, 2.75) is 25.9 Å². The second-order valence-electron chi connectivity index (χ2n) is 7.70. The number of rotatable bonds is 6. The molecule has 1 amide bonds. The summed E-state index contributed by atoms with van der Waals surface area (Å²) in [5.74, 6) is 1.24. The Labute approximate surface area is 182 Å². The molecule has 0 aromatic heterocycles. The third-order valence-corrected chi connectivity index (χ3v) is 6.45. The van der Waals surface area contributed by atoms with Crippen LogP contribution in [-0.2, 0) is 23.0 Å². The van der Waals surface area contributed by atoms with Crippen LogP contribution in [0.1, 0.15) is 28.4 Å². The fourth-order valence-corrected chi connectivity index (χ4v) is 5.14. The Hall–Kier alpha value is -3.32. The van der Waals surface area contributed by atoms with E-state index in [1.165, 1.54) is 10.6 Å². The molecule has 0 aliphatic carbocycles. The van der Waals surface area contributed by atoms with Gasteiger partial charge in [0.1, 0.15) is 11.5 Å². The number of sulfonamides is 1. The Bertz CT molecular complexity index is 1210. The maximum absolute atomic E-state index is 12.7. The monoisotopic (exact) mass is 436 g/mol. The van der Waals surface area contributed by atoms with Gasteiger partial charge < -0.3 is 10.1 Å². The van der Waals surface area contributed by atoms with Crippen LogP contribution < -0.4 is 14.4 Å². The van der Waals surface area contributed by atoms with E-state index in [0.29, 0.717) is 30.0 Å². The number of hydrogen-bond donors (Lipinski definition) is 1. The van der Waals surface area contributed by atoms with Gasteiger partial charge in [0.05, 0.1) is 11.9 Å². The van der Waals surface area contributed by atoms with Gasteiger partial charge in [-0.25, -0.2) is 8.42 Å². The highest BCUT2D eigenvalue weighted by atomic mass is 32.2. The lowest BCUT2D eigenvalue weighted by atomic mass is 10.1. The first kappa shape index (κ1) is 20.9. The van der Waals surface area contributed by atoms with Gasteiger partial charge in [-0.15, -0.1) is 0 Å². The van der Waals surface area contributed by atoms with Crippen LogP contribution in [0.5, 0.6) is 11.5 Å². The molecule has 3 aromatic carbocycles. The minimum Gasteiger partial charge on any atom is -0.457 e. The molecule has 0 saturated heterocycles. The van der Waals surface area contributed by atoms with Crippen LogP contribution in [0.3, 0.4) is 0 Å². The summed E-state index contributed by atoms with van der Waals surface area (Å²) in [5, 5.41) is 2.92. The molecule has 0 bridgehead atoms. The highest BCUT2D eigenvalue weighted by Gasteiger charge is 2.32. The number of nitrogens with zero attached hydrogens (tertiary/aromatic N) is 1. The molecule has 160 valence electrons. The molecule has 0 fully saturated rings. The topological polar surface area (TPSA) is 75.7 Å².